The predicted octanol–water partition coefficient (Wildman–Crippen LogP) is 1.91. The zero-order valence-corrected chi connectivity index (χ0v) is 14.1. The molecule has 0 unspecified atom stereocenters. The molecule has 0 aliphatic carbocycles. The van der Waals surface area contributed by atoms with Gasteiger partial charge in [0.1, 0.15) is 5.75 Å². The fourth-order valence-corrected chi connectivity index (χ4v) is 1.76. The summed E-state index contributed by atoms with van der Waals surface area (Å²) < 4.78 is 16.1. The van der Waals surface area contributed by atoms with Gasteiger partial charge in [0.25, 0.3) is 5.91 Å². The fourth-order valence-electron chi connectivity index (χ4n) is 1.50. The lowest BCUT2D eigenvalue weighted by Crippen LogP contribution is -2.31. The Bertz CT molecular complexity index is 464. The summed E-state index contributed by atoms with van der Waals surface area (Å²) in [5, 5.41) is 2.56. The first-order valence-corrected chi connectivity index (χ1v) is 7.70. The number of carbonyl (C=O) groups is 2. The highest BCUT2D eigenvalue weighted by molar-refractivity contribution is 9.10. The summed E-state index contributed by atoms with van der Waals surface area (Å²) >= 11 is 3.34. The standard InChI is InChI=1S/C15H20BrNO5/c1-20-10-8-17-14(18)11-22-15(19)3-2-9-21-13-6-4-12(16)5-7-13/h4-7H,2-3,8-11H2,1H3,(H,17,18). The van der Waals surface area contributed by atoms with E-state index in [9.17, 15) is 9.59 Å². The third kappa shape index (κ3) is 8.63. The van der Waals surface area contributed by atoms with Crippen LogP contribution in [0.5, 0.6) is 5.75 Å². The Balaban J connectivity index is 2.05. The third-order valence-electron chi connectivity index (χ3n) is 2.60. The van der Waals surface area contributed by atoms with E-state index in [0.717, 1.165) is 10.2 Å². The van der Waals surface area contributed by atoms with Gasteiger partial charge in [0.15, 0.2) is 6.61 Å². The van der Waals surface area contributed by atoms with Crippen LogP contribution in [0.2, 0.25) is 0 Å². The van der Waals surface area contributed by atoms with Gasteiger partial charge in [-0.05, 0) is 30.7 Å². The molecule has 0 spiro atoms. The first-order chi connectivity index (χ1) is 10.6. The molecule has 0 fully saturated rings. The lowest BCUT2D eigenvalue weighted by Gasteiger charge is -2.07. The summed E-state index contributed by atoms with van der Waals surface area (Å²) in [5.41, 5.74) is 0. The van der Waals surface area contributed by atoms with Crippen molar-refractivity contribution < 1.29 is 23.8 Å². The van der Waals surface area contributed by atoms with E-state index >= 15 is 0 Å². The highest BCUT2D eigenvalue weighted by Crippen LogP contribution is 2.16. The second kappa shape index (κ2) is 11.0. The summed E-state index contributed by atoms with van der Waals surface area (Å²) in [6.45, 7) is 0.966. The maximum Gasteiger partial charge on any atom is 0.306 e. The molecule has 0 heterocycles. The molecule has 0 aliphatic rings. The number of methoxy groups -OCH3 is 1. The van der Waals surface area contributed by atoms with Crippen LogP contribution in [0.15, 0.2) is 28.7 Å². The molecule has 1 N–H and O–H groups in total. The van der Waals surface area contributed by atoms with Crippen molar-refractivity contribution in [2.24, 2.45) is 0 Å². The van der Waals surface area contributed by atoms with Crippen LogP contribution >= 0.6 is 15.9 Å². The average Bonchev–Trinajstić information content (AvgIpc) is 2.51. The van der Waals surface area contributed by atoms with Crippen LogP contribution in [0.1, 0.15) is 12.8 Å². The number of rotatable bonds is 10. The Hall–Kier alpha value is -1.60. The molecule has 1 aromatic carbocycles. The zero-order chi connectivity index (χ0) is 16.2. The SMILES string of the molecule is COCCNC(=O)COC(=O)CCCOc1ccc(Br)cc1. The summed E-state index contributed by atoms with van der Waals surface area (Å²) in [4.78, 5) is 22.7. The van der Waals surface area contributed by atoms with Gasteiger partial charge < -0.3 is 19.5 Å². The number of hydrogen-bond acceptors (Lipinski definition) is 5. The van der Waals surface area contributed by atoms with Gasteiger partial charge in [-0.3, -0.25) is 9.59 Å². The zero-order valence-electron chi connectivity index (χ0n) is 12.5. The monoisotopic (exact) mass is 373 g/mol. The number of halogens is 1. The van der Waals surface area contributed by atoms with Crippen LogP contribution in [-0.4, -0.2) is 45.4 Å². The number of carbonyl (C=O) groups excluding carboxylic acids is 2. The molecule has 122 valence electrons. The lowest BCUT2D eigenvalue weighted by molar-refractivity contribution is -0.148. The van der Waals surface area contributed by atoms with Gasteiger partial charge in [0.05, 0.1) is 13.2 Å². The van der Waals surface area contributed by atoms with E-state index in [1.807, 2.05) is 24.3 Å². The molecule has 7 heteroatoms. The molecule has 0 saturated carbocycles. The van der Waals surface area contributed by atoms with Gasteiger partial charge in [0.2, 0.25) is 0 Å². The maximum absolute atomic E-state index is 11.4. The normalized spacial score (nSPS) is 10.1. The number of benzene rings is 1. The molecule has 22 heavy (non-hydrogen) atoms. The van der Waals surface area contributed by atoms with Crippen molar-refractivity contribution in [2.45, 2.75) is 12.8 Å². The van der Waals surface area contributed by atoms with Crippen LogP contribution < -0.4 is 10.1 Å². The number of esters is 1. The van der Waals surface area contributed by atoms with Gasteiger partial charge in [-0.15, -0.1) is 0 Å². The fraction of sp³-hybridized carbons (Fsp3) is 0.467. The number of ether oxygens (including phenoxy) is 3. The topological polar surface area (TPSA) is 73.9 Å². The highest BCUT2D eigenvalue weighted by Gasteiger charge is 2.07. The average molecular weight is 374 g/mol. The number of amides is 1. The largest absolute Gasteiger partial charge is 0.494 e. The van der Waals surface area contributed by atoms with Crippen LogP contribution in [0.4, 0.5) is 0 Å². The first-order valence-electron chi connectivity index (χ1n) is 6.91. The van der Waals surface area contributed by atoms with E-state index in [1.54, 1.807) is 7.11 Å². The minimum atomic E-state index is -0.415. The van der Waals surface area contributed by atoms with E-state index in [2.05, 4.69) is 21.2 Å². The summed E-state index contributed by atoms with van der Waals surface area (Å²) in [6, 6.07) is 7.44. The quantitative estimate of drug-likeness (QED) is 0.500. The Labute approximate surface area is 138 Å². The van der Waals surface area contributed by atoms with E-state index in [1.165, 1.54) is 0 Å². The smallest absolute Gasteiger partial charge is 0.306 e. The predicted molar refractivity (Wildman–Crippen MR) is 84.7 cm³/mol. The van der Waals surface area contributed by atoms with Crippen molar-refractivity contribution in [3.63, 3.8) is 0 Å². The van der Waals surface area contributed by atoms with Crippen molar-refractivity contribution >= 4 is 27.8 Å². The molecular weight excluding hydrogens is 354 g/mol. The number of hydrogen-bond donors (Lipinski definition) is 1. The van der Waals surface area contributed by atoms with Crippen molar-refractivity contribution in [3.05, 3.63) is 28.7 Å². The molecule has 0 bridgehead atoms. The second-order valence-electron chi connectivity index (χ2n) is 4.41. The van der Waals surface area contributed by atoms with Crippen LogP contribution in [0.3, 0.4) is 0 Å². The molecule has 0 saturated heterocycles. The Kier molecular flexibility index (Phi) is 9.25. The van der Waals surface area contributed by atoms with Gasteiger partial charge in [-0.2, -0.15) is 0 Å². The maximum atomic E-state index is 11.4. The highest BCUT2D eigenvalue weighted by atomic mass is 79.9. The molecule has 0 radical (unpaired) electrons. The third-order valence-corrected chi connectivity index (χ3v) is 3.13. The minimum absolute atomic E-state index is 0.210. The Morgan fingerprint density at radius 3 is 2.59 bits per heavy atom. The summed E-state index contributed by atoms with van der Waals surface area (Å²) in [7, 11) is 1.54. The van der Waals surface area contributed by atoms with Gasteiger partial charge >= 0.3 is 5.97 Å². The van der Waals surface area contributed by atoms with Crippen LogP contribution in [0, 0.1) is 0 Å². The Morgan fingerprint density at radius 2 is 1.91 bits per heavy atom. The van der Waals surface area contributed by atoms with Crippen molar-refractivity contribution in [3.8, 4) is 5.75 Å². The first kappa shape index (κ1) is 18.4. The van der Waals surface area contributed by atoms with E-state index < -0.39 is 5.97 Å². The molecule has 6 nitrogen and oxygen atoms in total. The van der Waals surface area contributed by atoms with Crippen LogP contribution in [0.25, 0.3) is 0 Å². The molecule has 1 aromatic rings. The van der Waals surface area contributed by atoms with Gasteiger partial charge in [0, 0.05) is 24.5 Å². The summed E-state index contributed by atoms with van der Waals surface area (Å²) in [5.74, 6) is -0.00750. The van der Waals surface area contributed by atoms with Crippen molar-refractivity contribution in [2.75, 3.05) is 33.5 Å². The van der Waals surface area contributed by atoms with Crippen LogP contribution in [-0.2, 0) is 19.1 Å². The second-order valence-corrected chi connectivity index (χ2v) is 5.33. The summed E-state index contributed by atoms with van der Waals surface area (Å²) in [6.07, 6.45) is 0.738. The molecular formula is C15H20BrNO5. The van der Waals surface area contributed by atoms with Crippen molar-refractivity contribution in [1.82, 2.24) is 5.32 Å². The van der Waals surface area contributed by atoms with Gasteiger partial charge in [-0.1, -0.05) is 15.9 Å². The minimum Gasteiger partial charge on any atom is -0.494 e. The van der Waals surface area contributed by atoms with Crippen molar-refractivity contribution in [1.29, 1.82) is 0 Å². The molecule has 0 aromatic heterocycles. The van der Waals surface area contributed by atoms with E-state index in [0.29, 0.717) is 26.2 Å². The van der Waals surface area contributed by atoms with E-state index in [-0.39, 0.29) is 18.9 Å². The Morgan fingerprint density at radius 1 is 1.18 bits per heavy atom. The van der Waals surface area contributed by atoms with Gasteiger partial charge in [-0.25, -0.2) is 0 Å². The molecule has 0 atom stereocenters. The molecule has 1 rings (SSSR count). The molecule has 1 amide bonds. The number of nitrogens with one attached hydrogen (secondary N) is 1. The van der Waals surface area contributed by atoms with E-state index in [4.69, 9.17) is 14.2 Å². The lowest BCUT2D eigenvalue weighted by atomic mass is 10.3. The molecule has 0 aliphatic heterocycles.